The third kappa shape index (κ3) is 5.54. The number of halogens is 1. The molecular weight excluding hydrogens is 511 g/mol. The number of fused-ring (bicyclic) bond motifs is 1. The van der Waals surface area contributed by atoms with Crippen LogP contribution >= 0.6 is 0 Å². The number of carbonyl (C=O) groups is 2. The number of aromatic amines is 1. The van der Waals surface area contributed by atoms with Gasteiger partial charge in [0.1, 0.15) is 46.8 Å². The molecule has 1 amide bonds. The Labute approximate surface area is 230 Å². The molecule has 1 fully saturated rings. The zero-order valence-electron chi connectivity index (χ0n) is 21.9. The van der Waals surface area contributed by atoms with Crippen molar-refractivity contribution >= 4 is 28.5 Å². The molecule has 202 valence electrons. The normalized spacial score (nSPS) is 15.8. The molecule has 40 heavy (non-hydrogen) atoms. The summed E-state index contributed by atoms with van der Waals surface area (Å²) in [6, 6.07) is 14.9. The Hall–Kier alpha value is -5.04. The summed E-state index contributed by atoms with van der Waals surface area (Å²) in [6.45, 7) is 2.58. The number of para-hydroxylation sites is 1. The number of anilines is 1. The van der Waals surface area contributed by atoms with Crippen LogP contribution in [-0.4, -0.2) is 50.7 Å². The molecular formula is C30H27FN6O3. The van der Waals surface area contributed by atoms with Gasteiger partial charge in [-0.15, -0.1) is 0 Å². The Morgan fingerprint density at radius 3 is 2.73 bits per heavy atom. The van der Waals surface area contributed by atoms with Gasteiger partial charge in [-0.3, -0.25) is 9.59 Å². The maximum atomic E-state index is 15.1. The molecule has 1 atom stereocenters. The fraction of sp³-hybridized carbons (Fsp3) is 0.233. The number of hydrogen-bond acceptors (Lipinski definition) is 7. The van der Waals surface area contributed by atoms with Crippen LogP contribution in [0.25, 0.3) is 11.0 Å². The van der Waals surface area contributed by atoms with E-state index in [-0.39, 0.29) is 34.4 Å². The number of allylic oxidation sites excluding steroid dienone is 1. The molecule has 2 aromatic heterocycles. The van der Waals surface area contributed by atoms with Crippen LogP contribution < -0.4 is 10.1 Å². The fourth-order valence-electron chi connectivity index (χ4n) is 4.81. The highest BCUT2D eigenvalue weighted by Gasteiger charge is 2.26. The lowest BCUT2D eigenvalue weighted by Gasteiger charge is -2.25. The molecule has 1 aliphatic rings. The number of H-pyrrole nitrogens is 1. The molecule has 1 unspecified atom stereocenters. The molecule has 0 spiro atoms. The van der Waals surface area contributed by atoms with Crippen LogP contribution in [0.2, 0.25) is 0 Å². The molecule has 5 rings (SSSR count). The number of likely N-dealkylation sites (tertiary alicyclic amines) is 1. The second-order valence-corrected chi connectivity index (χ2v) is 9.44. The predicted octanol–water partition coefficient (Wildman–Crippen LogP) is 5.38. The summed E-state index contributed by atoms with van der Waals surface area (Å²) in [5, 5.41) is 13.1. The smallest absolute Gasteiger partial charge is 0.264 e. The highest BCUT2D eigenvalue weighted by atomic mass is 19.1. The van der Waals surface area contributed by atoms with Gasteiger partial charge in [0.15, 0.2) is 5.78 Å². The number of nitriles is 1. The molecule has 0 bridgehead atoms. The zero-order valence-corrected chi connectivity index (χ0v) is 21.9. The lowest BCUT2D eigenvalue weighted by Crippen LogP contribution is -2.40. The molecule has 2 N–H and O–H groups in total. The molecule has 0 saturated carbocycles. The fourth-order valence-corrected chi connectivity index (χ4v) is 4.81. The SMILES string of the molecule is C/C=C(\C#N)C(=O)N1CCCCC(Nc2ncnc3[nH]cc(C(=O)c4ccc(Oc5ccccc5)cc4F)c23)C1. The Balaban J connectivity index is 1.40. The molecule has 3 heterocycles. The van der Waals surface area contributed by atoms with Crippen molar-refractivity contribution in [2.75, 3.05) is 18.4 Å². The standard InChI is InChI=1S/C30H27FN6O3/c1-2-19(15-32)30(39)37-13-7-6-8-20(17-37)36-29-26-24(16-33-28(26)34-18-35-29)27(38)23-12-11-22(14-25(23)31)40-21-9-4-3-5-10-21/h2-5,9-12,14,16,18,20H,6-8,13,17H2,1H3,(H2,33,34,35,36)/b19-2+. The summed E-state index contributed by atoms with van der Waals surface area (Å²) in [5.41, 5.74) is 0.632. The highest BCUT2D eigenvalue weighted by molar-refractivity contribution is 6.18. The highest BCUT2D eigenvalue weighted by Crippen LogP contribution is 2.30. The monoisotopic (exact) mass is 538 g/mol. The van der Waals surface area contributed by atoms with Gasteiger partial charge in [0, 0.05) is 31.4 Å². The number of nitrogens with zero attached hydrogens (tertiary/aromatic N) is 4. The van der Waals surface area contributed by atoms with E-state index in [4.69, 9.17) is 4.74 Å². The largest absolute Gasteiger partial charge is 0.457 e. The van der Waals surface area contributed by atoms with Crippen molar-refractivity contribution in [3.05, 3.63) is 89.6 Å². The van der Waals surface area contributed by atoms with Gasteiger partial charge < -0.3 is 19.9 Å². The number of amides is 1. The number of rotatable bonds is 7. The first-order valence-corrected chi connectivity index (χ1v) is 13.0. The van der Waals surface area contributed by atoms with Gasteiger partial charge in [0.05, 0.1) is 16.5 Å². The van der Waals surface area contributed by atoms with E-state index in [9.17, 15) is 14.9 Å². The number of hydrogen-bond donors (Lipinski definition) is 2. The third-order valence-corrected chi connectivity index (χ3v) is 6.82. The number of aromatic nitrogens is 3. The van der Waals surface area contributed by atoms with Crippen molar-refractivity contribution in [1.82, 2.24) is 19.9 Å². The summed E-state index contributed by atoms with van der Waals surface area (Å²) in [7, 11) is 0. The van der Waals surface area contributed by atoms with Crippen molar-refractivity contribution in [3.8, 4) is 17.6 Å². The first-order valence-electron chi connectivity index (χ1n) is 13.0. The lowest BCUT2D eigenvalue weighted by molar-refractivity contribution is -0.126. The summed E-state index contributed by atoms with van der Waals surface area (Å²) < 4.78 is 20.8. The zero-order chi connectivity index (χ0) is 28.1. The van der Waals surface area contributed by atoms with Gasteiger partial charge in [-0.25, -0.2) is 14.4 Å². The van der Waals surface area contributed by atoms with E-state index in [1.807, 2.05) is 24.3 Å². The molecule has 2 aromatic carbocycles. The van der Waals surface area contributed by atoms with Crippen LogP contribution in [0.3, 0.4) is 0 Å². The van der Waals surface area contributed by atoms with Crippen LogP contribution in [0.1, 0.15) is 42.1 Å². The van der Waals surface area contributed by atoms with Crippen LogP contribution in [0.5, 0.6) is 11.5 Å². The predicted molar refractivity (Wildman–Crippen MR) is 147 cm³/mol. The van der Waals surface area contributed by atoms with Crippen molar-refractivity contribution in [3.63, 3.8) is 0 Å². The Bertz CT molecular complexity index is 1630. The maximum Gasteiger partial charge on any atom is 0.264 e. The molecule has 1 aliphatic heterocycles. The summed E-state index contributed by atoms with van der Waals surface area (Å²) in [4.78, 5) is 39.6. The second-order valence-electron chi connectivity index (χ2n) is 9.44. The maximum absolute atomic E-state index is 15.1. The Morgan fingerprint density at radius 1 is 1.15 bits per heavy atom. The van der Waals surface area contributed by atoms with E-state index in [0.29, 0.717) is 35.7 Å². The second kappa shape index (κ2) is 11.8. The van der Waals surface area contributed by atoms with Crippen molar-refractivity contribution < 1.29 is 18.7 Å². The Kier molecular flexibility index (Phi) is 7.82. The number of nitrogens with one attached hydrogen (secondary N) is 2. The quantitative estimate of drug-likeness (QED) is 0.184. The lowest BCUT2D eigenvalue weighted by atomic mass is 10.0. The molecule has 4 aromatic rings. The van der Waals surface area contributed by atoms with E-state index in [0.717, 1.165) is 19.3 Å². The average molecular weight is 539 g/mol. The number of ether oxygens (including phenoxy) is 1. The minimum absolute atomic E-state index is 0.103. The number of ketones is 1. The van der Waals surface area contributed by atoms with Gasteiger partial charge >= 0.3 is 0 Å². The molecule has 0 radical (unpaired) electrons. The summed E-state index contributed by atoms with van der Waals surface area (Å²) in [6.07, 6.45) is 6.82. The van der Waals surface area contributed by atoms with Crippen LogP contribution in [-0.2, 0) is 4.79 Å². The van der Waals surface area contributed by atoms with E-state index in [1.54, 1.807) is 30.0 Å². The first-order chi connectivity index (χ1) is 19.5. The summed E-state index contributed by atoms with van der Waals surface area (Å²) in [5.74, 6) is -0.315. The molecule has 1 saturated heterocycles. The van der Waals surface area contributed by atoms with Gasteiger partial charge in [-0.05, 0) is 50.5 Å². The number of carbonyl (C=O) groups excluding carboxylic acids is 2. The number of benzene rings is 2. The van der Waals surface area contributed by atoms with Crippen molar-refractivity contribution in [1.29, 1.82) is 5.26 Å². The van der Waals surface area contributed by atoms with Crippen LogP contribution in [0.4, 0.5) is 10.2 Å². The van der Waals surface area contributed by atoms with Gasteiger partial charge in [0.2, 0.25) is 0 Å². The topological polar surface area (TPSA) is 124 Å². The van der Waals surface area contributed by atoms with E-state index in [2.05, 4.69) is 20.3 Å². The van der Waals surface area contributed by atoms with Crippen LogP contribution in [0, 0.1) is 17.1 Å². The minimum Gasteiger partial charge on any atom is -0.457 e. The molecule has 0 aliphatic carbocycles. The average Bonchev–Trinajstić information content (AvgIpc) is 3.27. The van der Waals surface area contributed by atoms with Crippen molar-refractivity contribution in [2.45, 2.75) is 32.2 Å². The van der Waals surface area contributed by atoms with E-state index < -0.39 is 11.6 Å². The third-order valence-electron chi connectivity index (χ3n) is 6.82. The summed E-state index contributed by atoms with van der Waals surface area (Å²) >= 11 is 0. The first kappa shape index (κ1) is 26.6. The minimum atomic E-state index is -0.714. The van der Waals surface area contributed by atoms with Gasteiger partial charge in [0.25, 0.3) is 5.91 Å². The van der Waals surface area contributed by atoms with Gasteiger partial charge in [-0.1, -0.05) is 24.3 Å². The molecule has 9 nitrogen and oxygen atoms in total. The molecule has 10 heteroatoms. The van der Waals surface area contributed by atoms with Crippen LogP contribution in [0.15, 0.2) is 72.7 Å². The van der Waals surface area contributed by atoms with E-state index in [1.165, 1.54) is 30.7 Å². The Morgan fingerprint density at radius 2 is 1.98 bits per heavy atom. The van der Waals surface area contributed by atoms with Gasteiger partial charge in [-0.2, -0.15) is 5.26 Å². The van der Waals surface area contributed by atoms with Crippen molar-refractivity contribution in [2.24, 2.45) is 0 Å². The van der Waals surface area contributed by atoms with E-state index >= 15 is 4.39 Å².